The Hall–Kier alpha value is -2.90. The molecule has 1 N–H and O–H groups in total. The summed E-state index contributed by atoms with van der Waals surface area (Å²) in [6.45, 7) is 12.5. The Kier molecular flexibility index (Phi) is 5.38. The zero-order valence-electron chi connectivity index (χ0n) is 17.8. The van der Waals surface area contributed by atoms with Crippen LogP contribution < -0.4 is 4.90 Å². The van der Waals surface area contributed by atoms with Gasteiger partial charge in [-0.2, -0.15) is 0 Å². The molecule has 156 valence electrons. The monoisotopic (exact) mass is 400 g/mol. The molecule has 1 aliphatic rings. The summed E-state index contributed by atoms with van der Waals surface area (Å²) in [7, 11) is 0. The van der Waals surface area contributed by atoms with Crippen molar-refractivity contribution in [3.8, 4) is 0 Å². The molecule has 0 bridgehead atoms. The fraction of sp³-hybridized carbons (Fsp3) is 0.524. The van der Waals surface area contributed by atoms with Crippen LogP contribution in [0.4, 0.5) is 10.5 Å². The molecule has 1 aromatic heterocycles. The normalized spacial score (nSPS) is 20.1. The number of piperazine rings is 1. The highest BCUT2D eigenvalue weighted by atomic mass is 16.6. The number of hydrogen-bond acceptors (Lipinski definition) is 6. The molecule has 29 heavy (non-hydrogen) atoms. The zero-order chi connectivity index (χ0) is 21.5. The third-order valence-corrected chi connectivity index (χ3v) is 4.94. The number of amides is 1. The number of aromatic carboxylic acids is 1. The number of ether oxygens (including phenoxy) is 1. The van der Waals surface area contributed by atoms with E-state index in [4.69, 9.17) is 4.74 Å². The number of carbonyl (C=O) groups is 2. The number of fused-ring (bicyclic) bond motifs is 1. The van der Waals surface area contributed by atoms with Gasteiger partial charge in [0.05, 0.1) is 23.2 Å². The van der Waals surface area contributed by atoms with Crippen LogP contribution in [0.3, 0.4) is 0 Å². The lowest BCUT2D eigenvalue weighted by molar-refractivity contribution is 0.00566. The van der Waals surface area contributed by atoms with E-state index in [0.717, 1.165) is 5.69 Å². The maximum atomic E-state index is 12.6. The largest absolute Gasteiger partial charge is 0.478 e. The van der Waals surface area contributed by atoms with Gasteiger partial charge in [0.15, 0.2) is 0 Å². The second kappa shape index (κ2) is 7.50. The third kappa shape index (κ3) is 4.26. The molecule has 8 heteroatoms. The van der Waals surface area contributed by atoms with Crippen LogP contribution in [0.5, 0.6) is 0 Å². The predicted molar refractivity (Wildman–Crippen MR) is 110 cm³/mol. The quantitative estimate of drug-likeness (QED) is 0.824. The number of aryl methyl sites for hydroxylation is 1. The van der Waals surface area contributed by atoms with E-state index in [0.29, 0.717) is 29.8 Å². The van der Waals surface area contributed by atoms with Gasteiger partial charge in [0.2, 0.25) is 0 Å². The molecular formula is C21H28N4O4. The summed E-state index contributed by atoms with van der Waals surface area (Å²) in [5.74, 6) is -0.496. The Balaban J connectivity index is 1.94. The van der Waals surface area contributed by atoms with Gasteiger partial charge >= 0.3 is 12.1 Å². The predicted octanol–water partition coefficient (Wildman–Crippen LogP) is 3.47. The van der Waals surface area contributed by atoms with Crippen molar-refractivity contribution in [2.75, 3.05) is 18.0 Å². The smallest absolute Gasteiger partial charge is 0.410 e. The highest BCUT2D eigenvalue weighted by molar-refractivity contribution is 6.05. The van der Waals surface area contributed by atoms with E-state index in [-0.39, 0.29) is 23.7 Å². The Morgan fingerprint density at radius 2 is 1.79 bits per heavy atom. The second-order valence-electron chi connectivity index (χ2n) is 8.61. The van der Waals surface area contributed by atoms with E-state index in [2.05, 4.69) is 14.9 Å². The molecule has 0 aliphatic carbocycles. The number of carbonyl (C=O) groups excluding carboxylic acids is 1. The van der Waals surface area contributed by atoms with Crippen molar-refractivity contribution in [1.29, 1.82) is 0 Å². The van der Waals surface area contributed by atoms with Crippen molar-refractivity contribution in [2.24, 2.45) is 0 Å². The van der Waals surface area contributed by atoms with E-state index in [9.17, 15) is 14.7 Å². The molecule has 0 unspecified atom stereocenters. The lowest BCUT2D eigenvalue weighted by Crippen LogP contribution is -2.59. The molecule has 1 fully saturated rings. The van der Waals surface area contributed by atoms with Gasteiger partial charge in [0.25, 0.3) is 0 Å². The first-order valence-corrected chi connectivity index (χ1v) is 9.74. The second-order valence-corrected chi connectivity index (χ2v) is 8.61. The molecule has 1 amide bonds. The summed E-state index contributed by atoms with van der Waals surface area (Å²) in [4.78, 5) is 36.8. The van der Waals surface area contributed by atoms with E-state index < -0.39 is 11.6 Å². The van der Waals surface area contributed by atoms with Crippen molar-refractivity contribution in [2.45, 2.75) is 59.2 Å². The number of anilines is 1. The summed E-state index contributed by atoms with van der Waals surface area (Å²) in [5.41, 5.74) is 0.902. The minimum Gasteiger partial charge on any atom is -0.478 e. The SMILES string of the molecule is Cc1ncc2c(N3C[C@@H](C)N(C(=O)OC(C)(C)C)[C@@H](C)C3)ccc(C(=O)O)c2n1. The Bertz CT molecular complexity index is 942. The van der Waals surface area contributed by atoms with Gasteiger partial charge in [0.1, 0.15) is 11.4 Å². The van der Waals surface area contributed by atoms with Crippen molar-refractivity contribution < 1.29 is 19.4 Å². The van der Waals surface area contributed by atoms with Gasteiger partial charge in [-0.1, -0.05) is 0 Å². The van der Waals surface area contributed by atoms with Gasteiger partial charge in [-0.15, -0.1) is 0 Å². The molecular weight excluding hydrogens is 372 g/mol. The Labute approximate surface area is 170 Å². The number of rotatable bonds is 2. The molecule has 0 radical (unpaired) electrons. The van der Waals surface area contributed by atoms with Crippen LogP contribution in [0.2, 0.25) is 0 Å². The first kappa shape index (κ1) is 20.8. The molecule has 3 rings (SSSR count). The fourth-order valence-electron chi connectivity index (χ4n) is 3.84. The molecule has 1 aromatic carbocycles. The van der Waals surface area contributed by atoms with Crippen LogP contribution in [-0.2, 0) is 4.74 Å². The third-order valence-electron chi connectivity index (χ3n) is 4.94. The standard InChI is InChI=1S/C21H28N4O4/c1-12-10-24(11-13(2)25(12)20(28)29-21(4,5)6)17-8-7-15(19(26)27)18-16(17)9-22-14(3)23-18/h7-9,12-13H,10-11H2,1-6H3,(H,26,27)/t12-,13+. The molecule has 1 saturated heterocycles. The van der Waals surface area contributed by atoms with Gasteiger partial charge in [0, 0.05) is 30.4 Å². The van der Waals surface area contributed by atoms with Crippen molar-refractivity contribution >= 4 is 28.7 Å². The first-order chi connectivity index (χ1) is 13.5. The maximum absolute atomic E-state index is 12.6. The summed E-state index contributed by atoms with van der Waals surface area (Å²) in [5, 5.41) is 10.2. The van der Waals surface area contributed by atoms with Crippen LogP contribution in [0.1, 0.15) is 50.8 Å². The highest BCUT2D eigenvalue weighted by Gasteiger charge is 2.36. The van der Waals surface area contributed by atoms with Gasteiger partial charge in [-0.3, -0.25) is 4.90 Å². The first-order valence-electron chi connectivity index (χ1n) is 9.74. The van der Waals surface area contributed by atoms with Crippen LogP contribution >= 0.6 is 0 Å². The van der Waals surface area contributed by atoms with Gasteiger partial charge in [-0.25, -0.2) is 19.6 Å². The van der Waals surface area contributed by atoms with Crippen LogP contribution in [0.25, 0.3) is 10.9 Å². The number of nitrogens with zero attached hydrogens (tertiary/aromatic N) is 4. The number of hydrogen-bond donors (Lipinski definition) is 1. The summed E-state index contributed by atoms with van der Waals surface area (Å²) in [6.07, 6.45) is 1.36. The molecule has 2 heterocycles. The summed E-state index contributed by atoms with van der Waals surface area (Å²) in [6, 6.07) is 3.23. The van der Waals surface area contributed by atoms with E-state index in [1.165, 1.54) is 0 Å². The van der Waals surface area contributed by atoms with Crippen LogP contribution in [0, 0.1) is 6.92 Å². The topological polar surface area (TPSA) is 95.9 Å². The van der Waals surface area contributed by atoms with Crippen molar-refractivity contribution in [3.05, 3.63) is 29.7 Å². The van der Waals surface area contributed by atoms with E-state index in [1.54, 1.807) is 30.2 Å². The molecule has 0 spiro atoms. The minimum atomic E-state index is -1.02. The average Bonchev–Trinajstić information content (AvgIpc) is 2.58. The lowest BCUT2D eigenvalue weighted by atomic mass is 10.0. The molecule has 8 nitrogen and oxygen atoms in total. The van der Waals surface area contributed by atoms with Gasteiger partial charge < -0.3 is 14.7 Å². The average molecular weight is 400 g/mol. The summed E-state index contributed by atoms with van der Waals surface area (Å²) >= 11 is 0. The van der Waals surface area contributed by atoms with E-state index in [1.807, 2.05) is 34.6 Å². The maximum Gasteiger partial charge on any atom is 0.410 e. The highest BCUT2D eigenvalue weighted by Crippen LogP contribution is 2.31. The Morgan fingerprint density at radius 1 is 1.17 bits per heavy atom. The number of aromatic nitrogens is 2. The minimum absolute atomic E-state index is 0.0748. The summed E-state index contributed by atoms with van der Waals surface area (Å²) < 4.78 is 5.57. The molecule has 2 aromatic rings. The number of carboxylic acid groups (broad SMARTS) is 1. The lowest BCUT2D eigenvalue weighted by Gasteiger charge is -2.45. The number of benzene rings is 1. The van der Waals surface area contributed by atoms with Crippen molar-refractivity contribution in [3.63, 3.8) is 0 Å². The number of carboxylic acids is 1. The molecule has 2 atom stereocenters. The van der Waals surface area contributed by atoms with E-state index >= 15 is 0 Å². The Morgan fingerprint density at radius 3 is 2.34 bits per heavy atom. The molecule has 0 saturated carbocycles. The van der Waals surface area contributed by atoms with Crippen LogP contribution in [0.15, 0.2) is 18.3 Å². The van der Waals surface area contributed by atoms with Gasteiger partial charge in [-0.05, 0) is 53.7 Å². The van der Waals surface area contributed by atoms with Crippen LogP contribution in [-0.4, -0.2) is 62.8 Å². The van der Waals surface area contributed by atoms with Crippen molar-refractivity contribution in [1.82, 2.24) is 14.9 Å². The fourth-order valence-corrected chi connectivity index (χ4v) is 3.84. The molecule has 1 aliphatic heterocycles. The zero-order valence-corrected chi connectivity index (χ0v) is 17.8.